The SMILES string of the molecule is Cc1cnc(COCC2(N)CCCC2)c(C)c1[N+](=O)[O-]. The smallest absolute Gasteiger partial charge is 0.278 e. The lowest BCUT2D eigenvalue weighted by molar-refractivity contribution is -0.386. The fourth-order valence-electron chi connectivity index (χ4n) is 2.77. The maximum absolute atomic E-state index is 11.0. The van der Waals surface area contributed by atoms with E-state index in [0.717, 1.165) is 25.7 Å². The molecule has 1 aromatic heterocycles. The molecule has 0 atom stereocenters. The molecule has 1 aliphatic rings. The van der Waals surface area contributed by atoms with Crippen LogP contribution in [0.3, 0.4) is 0 Å². The first-order chi connectivity index (χ1) is 9.43. The highest BCUT2D eigenvalue weighted by molar-refractivity contribution is 5.47. The third-order valence-electron chi connectivity index (χ3n) is 3.99. The van der Waals surface area contributed by atoms with Crippen LogP contribution in [0.4, 0.5) is 5.69 Å². The molecule has 0 unspecified atom stereocenters. The minimum absolute atomic E-state index is 0.127. The highest BCUT2D eigenvalue weighted by Crippen LogP contribution is 2.28. The van der Waals surface area contributed by atoms with Gasteiger partial charge in [0.2, 0.25) is 0 Å². The molecule has 20 heavy (non-hydrogen) atoms. The van der Waals surface area contributed by atoms with Crippen molar-refractivity contribution in [3.63, 3.8) is 0 Å². The summed E-state index contributed by atoms with van der Waals surface area (Å²) < 4.78 is 5.65. The van der Waals surface area contributed by atoms with E-state index >= 15 is 0 Å². The number of nitro groups is 1. The number of nitrogens with zero attached hydrogens (tertiary/aromatic N) is 2. The van der Waals surface area contributed by atoms with Crippen LogP contribution in [-0.2, 0) is 11.3 Å². The van der Waals surface area contributed by atoms with Gasteiger partial charge in [-0.25, -0.2) is 0 Å². The molecular weight excluding hydrogens is 258 g/mol. The second-order valence-corrected chi connectivity index (χ2v) is 5.68. The molecular formula is C14H21N3O3. The van der Waals surface area contributed by atoms with Crippen molar-refractivity contribution in [2.24, 2.45) is 5.73 Å². The number of aryl methyl sites for hydroxylation is 1. The molecule has 0 spiro atoms. The fourth-order valence-corrected chi connectivity index (χ4v) is 2.77. The number of hydrogen-bond acceptors (Lipinski definition) is 5. The highest BCUT2D eigenvalue weighted by atomic mass is 16.6. The lowest BCUT2D eigenvalue weighted by Gasteiger charge is -2.23. The number of aromatic nitrogens is 1. The number of rotatable bonds is 5. The van der Waals surface area contributed by atoms with Crippen molar-refractivity contribution >= 4 is 5.69 Å². The summed E-state index contributed by atoms with van der Waals surface area (Å²) >= 11 is 0. The molecule has 0 bridgehead atoms. The molecule has 1 heterocycles. The van der Waals surface area contributed by atoms with Gasteiger partial charge in [0.25, 0.3) is 5.69 Å². The van der Waals surface area contributed by atoms with Crippen molar-refractivity contribution in [3.8, 4) is 0 Å². The molecule has 1 saturated carbocycles. The molecule has 6 heteroatoms. The van der Waals surface area contributed by atoms with Gasteiger partial charge in [-0.3, -0.25) is 15.1 Å². The fraction of sp³-hybridized carbons (Fsp3) is 0.643. The largest absolute Gasteiger partial charge is 0.373 e. The second-order valence-electron chi connectivity index (χ2n) is 5.68. The predicted octanol–water partition coefficient (Wildman–Crippen LogP) is 2.39. The van der Waals surface area contributed by atoms with Crippen LogP contribution < -0.4 is 5.73 Å². The van der Waals surface area contributed by atoms with Crippen LogP contribution in [0.15, 0.2) is 6.20 Å². The predicted molar refractivity (Wildman–Crippen MR) is 75.4 cm³/mol. The Bertz CT molecular complexity index is 511. The van der Waals surface area contributed by atoms with Crippen LogP contribution in [0, 0.1) is 24.0 Å². The molecule has 2 rings (SSSR count). The third kappa shape index (κ3) is 3.13. The molecule has 110 valence electrons. The standard InChI is InChI=1S/C14H21N3O3/c1-10-7-16-12(11(2)13(10)17(18)19)8-20-9-14(15)5-3-4-6-14/h7H,3-6,8-9,15H2,1-2H3. The topological polar surface area (TPSA) is 91.3 Å². The van der Waals surface area contributed by atoms with Crippen molar-refractivity contribution < 1.29 is 9.66 Å². The van der Waals surface area contributed by atoms with Crippen LogP contribution >= 0.6 is 0 Å². The Labute approximate surface area is 118 Å². The quantitative estimate of drug-likeness (QED) is 0.660. The summed E-state index contributed by atoms with van der Waals surface area (Å²) in [4.78, 5) is 14.9. The maximum atomic E-state index is 11.0. The van der Waals surface area contributed by atoms with Crippen LogP contribution in [0.1, 0.15) is 42.5 Å². The molecule has 0 aliphatic heterocycles. The summed E-state index contributed by atoms with van der Waals surface area (Å²) in [6, 6.07) is 0. The Morgan fingerprint density at radius 2 is 2.10 bits per heavy atom. The van der Waals surface area contributed by atoms with Crippen molar-refractivity contribution in [1.29, 1.82) is 0 Å². The average molecular weight is 279 g/mol. The zero-order valence-corrected chi connectivity index (χ0v) is 12.0. The van der Waals surface area contributed by atoms with E-state index in [0.29, 0.717) is 23.4 Å². The summed E-state index contributed by atoms with van der Waals surface area (Å²) in [6.45, 7) is 4.16. The van der Waals surface area contributed by atoms with Gasteiger partial charge in [0, 0.05) is 17.3 Å². The molecule has 0 aromatic carbocycles. The summed E-state index contributed by atoms with van der Waals surface area (Å²) in [5, 5.41) is 11.0. The van der Waals surface area contributed by atoms with E-state index in [9.17, 15) is 10.1 Å². The molecule has 1 aromatic rings. The normalized spacial score (nSPS) is 17.4. The van der Waals surface area contributed by atoms with Gasteiger partial charge in [0.05, 0.1) is 29.4 Å². The van der Waals surface area contributed by atoms with Gasteiger partial charge >= 0.3 is 0 Å². The maximum Gasteiger partial charge on any atom is 0.278 e. The summed E-state index contributed by atoms with van der Waals surface area (Å²) in [5.74, 6) is 0. The first-order valence-electron chi connectivity index (χ1n) is 6.89. The summed E-state index contributed by atoms with van der Waals surface area (Å²) in [6.07, 6.45) is 5.78. The van der Waals surface area contributed by atoms with Crippen LogP contribution in [0.2, 0.25) is 0 Å². The molecule has 0 radical (unpaired) electrons. The molecule has 1 aliphatic carbocycles. The van der Waals surface area contributed by atoms with Crippen LogP contribution in [0.5, 0.6) is 0 Å². The molecule has 2 N–H and O–H groups in total. The minimum atomic E-state index is -0.364. The van der Waals surface area contributed by atoms with Crippen LogP contribution in [0.25, 0.3) is 0 Å². The molecule has 1 fully saturated rings. The Balaban J connectivity index is 2.03. The Morgan fingerprint density at radius 3 is 2.70 bits per heavy atom. The Morgan fingerprint density at radius 1 is 1.45 bits per heavy atom. The van der Waals surface area contributed by atoms with E-state index in [-0.39, 0.29) is 22.8 Å². The van der Waals surface area contributed by atoms with E-state index in [1.807, 2.05) is 0 Å². The summed E-state index contributed by atoms with van der Waals surface area (Å²) in [7, 11) is 0. The number of hydrogen-bond donors (Lipinski definition) is 1. The molecule has 6 nitrogen and oxygen atoms in total. The van der Waals surface area contributed by atoms with E-state index in [1.54, 1.807) is 13.8 Å². The van der Waals surface area contributed by atoms with E-state index in [2.05, 4.69) is 4.98 Å². The number of ether oxygens (including phenoxy) is 1. The lowest BCUT2D eigenvalue weighted by Crippen LogP contribution is -2.41. The van der Waals surface area contributed by atoms with Crippen molar-refractivity contribution in [2.45, 2.75) is 51.7 Å². The first kappa shape index (κ1) is 14.9. The average Bonchev–Trinajstić information content (AvgIpc) is 2.79. The van der Waals surface area contributed by atoms with Gasteiger partial charge in [0.1, 0.15) is 0 Å². The van der Waals surface area contributed by atoms with Gasteiger partial charge in [-0.15, -0.1) is 0 Å². The van der Waals surface area contributed by atoms with Gasteiger partial charge in [-0.1, -0.05) is 12.8 Å². The zero-order chi connectivity index (χ0) is 14.8. The van der Waals surface area contributed by atoms with E-state index in [4.69, 9.17) is 10.5 Å². The summed E-state index contributed by atoms with van der Waals surface area (Å²) in [5.41, 5.74) is 7.87. The molecule has 0 amide bonds. The zero-order valence-electron chi connectivity index (χ0n) is 12.0. The monoisotopic (exact) mass is 279 g/mol. The number of pyridine rings is 1. The first-order valence-corrected chi connectivity index (χ1v) is 6.89. The lowest BCUT2D eigenvalue weighted by atomic mass is 10.0. The minimum Gasteiger partial charge on any atom is -0.373 e. The van der Waals surface area contributed by atoms with Gasteiger partial charge in [-0.05, 0) is 26.7 Å². The van der Waals surface area contributed by atoms with Crippen LogP contribution in [-0.4, -0.2) is 22.1 Å². The van der Waals surface area contributed by atoms with Crippen molar-refractivity contribution in [1.82, 2.24) is 4.98 Å². The van der Waals surface area contributed by atoms with Gasteiger partial charge in [-0.2, -0.15) is 0 Å². The molecule has 0 saturated heterocycles. The Kier molecular flexibility index (Phi) is 4.35. The second kappa shape index (κ2) is 5.85. The van der Waals surface area contributed by atoms with Crippen molar-refractivity contribution in [3.05, 3.63) is 33.1 Å². The number of nitrogens with two attached hydrogens (primary N) is 1. The highest BCUT2D eigenvalue weighted by Gasteiger charge is 2.29. The van der Waals surface area contributed by atoms with E-state index < -0.39 is 0 Å². The Hall–Kier alpha value is -1.53. The third-order valence-corrected chi connectivity index (χ3v) is 3.99. The van der Waals surface area contributed by atoms with Gasteiger partial charge in [0.15, 0.2) is 0 Å². The van der Waals surface area contributed by atoms with E-state index in [1.165, 1.54) is 6.20 Å². The van der Waals surface area contributed by atoms with Crippen molar-refractivity contribution in [2.75, 3.05) is 6.61 Å². The van der Waals surface area contributed by atoms with Gasteiger partial charge < -0.3 is 10.5 Å².